The van der Waals surface area contributed by atoms with Crippen LogP contribution >= 0.6 is 0 Å². The third-order valence-corrected chi connectivity index (χ3v) is 6.94. The fraction of sp³-hybridized carbons (Fsp3) is 0.480. The number of aromatic amines is 1. The molecule has 2 aliphatic rings. The van der Waals surface area contributed by atoms with Crippen molar-refractivity contribution < 1.29 is 36.2 Å². The van der Waals surface area contributed by atoms with E-state index in [-0.39, 0.29) is 17.4 Å². The second kappa shape index (κ2) is 9.88. The fourth-order valence-electron chi connectivity index (χ4n) is 4.89. The topological polar surface area (TPSA) is 80.3 Å². The number of fused-ring (bicyclic) bond motifs is 1. The number of hydrogen-bond acceptors (Lipinski definition) is 5. The first-order chi connectivity index (χ1) is 17.6. The summed E-state index contributed by atoms with van der Waals surface area (Å²) in [6.07, 6.45) is -6.19. The summed E-state index contributed by atoms with van der Waals surface area (Å²) in [5, 5.41) is 0. The SMILES string of the molecule is O=C(c1ccc(OC(F)(F)C(F)(F)F)cc1)N1CCC(c2ccnc3[nH]c(C4CCOCC4)nc23)CC1. The normalized spacial score (nSPS) is 18.4. The van der Waals surface area contributed by atoms with Crippen LogP contribution < -0.4 is 4.74 Å². The highest BCUT2D eigenvalue weighted by Crippen LogP contribution is 2.38. The van der Waals surface area contributed by atoms with Crippen molar-refractivity contribution in [3.8, 4) is 5.75 Å². The number of alkyl halides is 5. The van der Waals surface area contributed by atoms with E-state index in [1.54, 1.807) is 11.1 Å². The average Bonchev–Trinajstić information content (AvgIpc) is 3.33. The van der Waals surface area contributed by atoms with Gasteiger partial charge in [-0.1, -0.05) is 0 Å². The van der Waals surface area contributed by atoms with Gasteiger partial charge in [0.15, 0.2) is 5.65 Å². The summed E-state index contributed by atoms with van der Waals surface area (Å²) in [4.78, 5) is 27.2. The van der Waals surface area contributed by atoms with Crippen molar-refractivity contribution in [2.24, 2.45) is 0 Å². The van der Waals surface area contributed by atoms with E-state index in [1.807, 2.05) is 6.07 Å². The molecule has 2 aliphatic heterocycles. The maximum atomic E-state index is 13.1. The molecule has 7 nitrogen and oxygen atoms in total. The lowest BCUT2D eigenvalue weighted by atomic mass is 9.89. The molecular weight excluding hydrogens is 499 g/mol. The minimum Gasteiger partial charge on any atom is -0.426 e. The molecule has 5 rings (SSSR count). The van der Waals surface area contributed by atoms with Gasteiger partial charge in [-0.2, -0.15) is 22.0 Å². The van der Waals surface area contributed by atoms with Gasteiger partial charge in [-0.05, 0) is 67.5 Å². The molecule has 4 heterocycles. The molecule has 1 aromatic carbocycles. The third kappa shape index (κ3) is 5.25. The second-order valence-corrected chi connectivity index (χ2v) is 9.31. The minimum atomic E-state index is -5.84. The van der Waals surface area contributed by atoms with Crippen molar-refractivity contribution in [1.82, 2.24) is 19.9 Å². The highest BCUT2D eigenvalue weighted by Gasteiger charge is 2.61. The Balaban J connectivity index is 1.23. The Morgan fingerprint density at radius 3 is 2.30 bits per heavy atom. The van der Waals surface area contributed by atoms with Gasteiger partial charge in [0, 0.05) is 44.0 Å². The standard InChI is InChI=1S/C25H25F5N4O3/c26-24(27,28)25(29,30)37-18-3-1-17(2-4-18)23(35)34-11-6-15(7-12-34)19-5-10-31-22-20(19)32-21(33-22)16-8-13-36-14-9-16/h1-5,10,15-16H,6-9,11-14H2,(H,31,32,33). The van der Waals surface area contributed by atoms with Crippen LogP contribution in [0, 0.1) is 0 Å². The molecule has 0 bridgehead atoms. The number of hydrogen-bond donors (Lipinski definition) is 1. The zero-order valence-electron chi connectivity index (χ0n) is 19.7. The summed E-state index contributed by atoms with van der Waals surface area (Å²) < 4.78 is 72.5. The quantitative estimate of drug-likeness (QED) is 0.452. The van der Waals surface area contributed by atoms with Crippen LogP contribution in [0.15, 0.2) is 36.5 Å². The van der Waals surface area contributed by atoms with E-state index in [1.165, 1.54) is 12.1 Å². The van der Waals surface area contributed by atoms with Crippen LogP contribution in [-0.2, 0) is 4.74 Å². The lowest BCUT2D eigenvalue weighted by Gasteiger charge is -2.32. The molecular formula is C25H25F5N4O3. The Morgan fingerprint density at radius 1 is 0.973 bits per heavy atom. The molecule has 3 aromatic rings. The zero-order valence-corrected chi connectivity index (χ0v) is 19.7. The van der Waals surface area contributed by atoms with Crippen molar-refractivity contribution in [3.05, 3.63) is 53.5 Å². The van der Waals surface area contributed by atoms with E-state index in [9.17, 15) is 26.7 Å². The smallest absolute Gasteiger partial charge is 0.426 e. The van der Waals surface area contributed by atoms with E-state index >= 15 is 0 Å². The van der Waals surface area contributed by atoms with Crippen LogP contribution in [0.25, 0.3) is 11.2 Å². The molecule has 0 saturated carbocycles. The molecule has 198 valence electrons. The van der Waals surface area contributed by atoms with Crippen molar-refractivity contribution in [2.45, 2.75) is 49.8 Å². The molecule has 12 heteroatoms. The van der Waals surface area contributed by atoms with E-state index in [4.69, 9.17) is 9.72 Å². The first kappa shape index (κ1) is 25.4. The number of carbonyl (C=O) groups is 1. The molecule has 1 N–H and O–H groups in total. The number of carbonyl (C=O) groups excluding carboxylic acids is 1. The van der Waals surface area contributed by atoms with Crippen LogP contribution in [0.4, 0.5) is 22.0 Å². The summed E-state index contributed by atoms with van der Waals surface area (Å²) >= 11 is 0. The Hall–Kier alpha value is -3.28. The van der Waals surface area contributed by atoms with E-state index < -0.39 is 18.0 Å². The average molecular weight is 524 g/mol. The Bertz CT molecular complexity index is 1250. The lowest BCUT2D eigenvalue weighted by molar-refractivity contribution is -0.360. The van der Waals surface area contributed by atoms with Crippen molar-refractivity contribution >= 4 is 17.1 Å². The summed E-state index contributed by atoms with van der Waals surface area (Å²) in [6, 6.07) is 6.20. The molecule has 0 radical (unpaired) electrons. The predicted molar refractivity (Wildman–Crippen MR) is 123 cm³/mol. The summed E-state index contributed by atoms with van der Waals surface area (Å²) in [7, 11) is 0. The number of rotatable bonds is 5. The molecule has 0 spiro atoms. The van der Waals surface area contributed by atoms with Gasteiger partial charge in [-0.15, -0.1) is 0 Å². The Kier molecular flexibility index (Phi) is 6.78. The Labute approximate surface area is 209 Å². The van der Waals surface area contributed by atoms with E-state index in [0.717, 1.165) is 47.5 Å². The van der Waals surface area contributed by atoms with Crippen LogP contribution in [0.1, 0.15) is 59.3 Å². The van der Waals surface area contributed by atoms with Gasteiger partial charge < -0.3 is 19.4 Å². The van der Waals surface area contributed by atoms with E-state index in [0.29, 0.717) is 45.1 Å². The van der Waals surface area contributed by atoms with Gasteiger partial charge in [-0.25, -0.2) is 9.97 Å². The molecule has 0 atom stereocenters. The number of aromatic nitrogens is 3. The third-order valence-electron chi connectivity index (χ3n) is 6.94. The van der Waals surface area contributed by atoms with Gasteiger partial charge in [-0.3, -0.25) is 4.79 Å². The number of halogens is 5. The summed E-state index contributed by atoms with van der Waals surface area (Å²) in [6.45, 7) is 2.36. The molecule has 2 fully saturated rings. The highest BCUT2D eigenvalue weighted by atomic mass is 19.4. The maximum absolute atomic E-state index is 13.1. The first-order valence-corrected chi connectivity index (χ1v) is 12.1. The number of ether oxygens (including phenoxy) is 2. The lowest BCUT2D eigenvalue weighted by Crippen LogP contribution is -2.41. The van der Waals surface area contributed by atoms with Gasteiger partial charge in [0.2, 0.25) is 0 Å². The summed E-state index contributed by atoms with van der Waals surface area (Å²) in [5.74, 6) is 0.409. The fourth-order valence-corrected chi connectivity index (χ4v) is 4.89. The zero-order chi connectivity index (χ0) is 26.2. The number of imidazole rings is 1. The van der Waals surface area contributed by atoms with Gasteiger partial charge in [0.1, 0.15) is 17.1 Å². The van der Waals surface area contributed by atoms with E-state index in [2.05, 4.69) is 14.7 Å². The molecule has 2 saturated heterocycles. The van der Waals surface area contributed by atoms with Crippen LogP contribution in [0.2, 0.25) is 0 Å². The van der Waals surface area contributed by atoms with Crippen LogP contribution in [0.3, 0.4) is 0 Å². The monoisotopic (exact) mass is 524 g/mol. The predicted octanol–water partition coefficient (Wildman–Crippen LogP) is 5.41. The molecule has 37 heavy (non-hydrogen) atoms. The molecule has 0 unspecified atom stereocenters. The van der Waals surface area contributed by atoms with Gasteiger partial charge in [0.05, 0.1) is 0 Å². The second-order valence-electron chi connectivity index (χ2n) is 9.31. The number of nitrogens with one attached hydrogen (secondary N) is 1. The Morgan fingerprint density at radius 2 is 1.65 bits per heavy atom. The van der Waals surface area contributed by atoms with Crippen molar-refractivity contribution in [2.75, 3.05) is 26.3 Å². The number of pyridine rings is 1. The largest absolute Gasteiger partial charge is 0.499 e. The molecule has 1 amide bonds. The van der Waals surface area contributed by atoms with Crippen LogP contribution in [0.5, 0.6) is 5.75 Å². The number of nitrogens with zero attached hydrogens (tertiary/aromatic N) is 3. The maximum Gasteiger partial charge on any atom is 0.499 e. The minimum absolute atomic E-state index is 0.181. The number of H-pyrrole nitrogens is 1. The molecule has 2 aromatic heterocycles. The highest BCUT2D eigenvalue weighted by molar-refractivity contribution is 5.94. The summed E-state index contributed by atoms with van der Waals surface area (Å²) in [5.41, 5.74) is 2.86. The molecule has 0 aliphatic carbocycles. The van der Waals surface area contributed by atoms with Crippen molar-refractivity contribution in [1.29, 1.82) is 0 Å². The number of piperidine rings is 1. The van der Waals surface area contributed by atoms with Gasteiger partial charge >= 0.3 is 12.3 Å². The van der Waals surface area contributed by atoms with Crippen molar-refractivity contribution in [3.63, 3.8) is 0 Å². The first-order valence-electron chi connectivity index (χ1n) is 12.1. The number of amides is 1. The number of benzene rings is 1. The van der Waals surface area contributed by atoms with Crippen LogP contribution in [-0.4, -0.2) is 64.3 Å². The van der Waals surface area contributed by atoms with Gasteiger partial charge in [0.25, 0.3) is 5.91 Å². The number of likely N-dealkylation sites (tertiary alicyclic amines) is 1.